The van der Waals surface area contributed by atoms with Gasteiger partial charge in [0, 0.05) is 32.2 Å². The number of amides is 1. The molecule has 1 aromatic carbocycles. The minimum absolute atomic E-state index is 0.0431. The summed E-state index contributed by atoms with van der Waals surface area (Å²) < 4.78 is 10.4. The van der Waals surface area contributed by atoms with Gasteiger partial charge in [0.25, 0.3) is 0 Å². The summed E-state index contributed by atoms with van der Waals surface area (Å²) in [7, 11) is 3.17. The minimum Gasteiger partial charge on any atom is -0.497 e. The molecule has 0 bridgehead atoms. The molecule has 1 heterocycles. The largest absolute Gasteiger partial charge is 0.497 e. The number of carbonyl (C=O) groups is 1. The van der Waals surface area contributed by atoms with Gasteiger partial charge in [-0.05, 0) is 12.1 Å². The van der Waals surface area contributed by atoms with Crippen molar-refractivity contribution in [1.82, 2.24) is 10.2 Å². The lowest BCUT2D eigenvalue weighted by atomic mass is 10.2. The molecule has 1 saturated heterocycles. The van der Waals surface area contributed by atoms with Gasteiger partial charge in [0.1, 0.15) is 11.5 Å². The van der Waals surface area contributed by atoms with Gasteiger partial charge in [0.15, 0.2) is 0 Å². The number of carbonyl (C=O) groups excluding carboxylic acids is 1. The van der Waals surface area contributed by atoms with Crippen LogP contribution in [0.4, 0.5) is 5.69 Å². The number of anilines is 1. The zero-order valence-electron chi connectivity index (χ0n) is 11.9. The Morgan fingerprint density at radius 3 is 2.70 bits per heavy atom. The molecule has 20 heavy (non-hydrogen) atoms. The SMILES string of the molecule is COc1ccc(OC)c(NC(=O)CN2CCNCC2)c1. The van der Waals surface area contributed by atoms with E-state index in [0.717, 1.165) is 26.2 Å². The fraction of sp³-hybridized carbons (Fsp3) is 0.500. The lowest BCUT2D eigenvalue weighted by Gasteiger charge is -2.26. The third kappa shape index (κ3) is 3.85. The molecule has 0 aliphatic carbocycles. The number of ether oxygens (including phenoxy) is 2. The number of rotatable bonds is 5. The molecule has 0 aromatic heterocycles. The highest BCUT2D eigenvalue weighted by Gasteiger charge is 2.15. The normalized spacial score (nSPS) is 15.7. The molecule has 0 unspecified atom stereocenters. The van der Waals surface area contributed by atoms with Crippen molar-refractivity contribution in [3.63, 3.8) is 0 Å². The highest BCUT2D eigenvalue weighted by Crippen LogP contribution is 2.28. The van der Waals surface area contributed by atoms with Crippen LogP contribution in [0, 0.1) is 0 Å². The molecule has 1 aliphatic heterocycles. The maximum absolute atomic E-state index is 12.1. The van der Waals surface area contributed by atoms with Crippen molar-refractivity contribution in [3.05, 3.63) is 18.2 Å². The molecule has 6 heteroatoms. The van der Waals surface area contributed by atoms with Crippen LogP contribution in [0.5, 0.6) is 11.5 Å². The summed E-state index contributed by atoms with van der Waals surface area (Å²) >= 11 is 0. The zero-order valence-corrected chi connectivity index (χ0v) is 11.9. The molecular formula is C14H21N3O3. The van der Waals surface area contributed by atoms with Gasteiger partial charge in [-0.25, -0.2) is 0 Å². The van der Waals surface area contributed by atoms with Crippen molar-refractivity contribution < 1.29 is 14.3 Å². The molecule has 1 fully saturated rings. The van der Waals surface area contributed by atoms with Gasteiger partial charge in [0.2, 0.25) is 5.91 Å². The number of nitrogens with one attached hydrogen (secondary N) is 2. The smallest absolute Gasteiger partial charge is 0.238 e. The zero-order chi connectivity index (χ0) is 14.4. The Bertz CT molecular complexity index is 459. The molecule has 2 N–H and O–H groups in total. The second-order valence-electron chi connectivity index (χ2n) is 4.64. The van der Waals surface area contributed by atoms with Crippen LogP contribution in [0.15, 0.2) is 18.2 Å². The quantitative estimate of drug-likeness (QED) is 0.824. The highest BCUT2D eigenvalue weighted by molar-refractivity contribution is 5.94. The fourth-order valence-corrected chi connectivity index (χ4v) is 2.17. The number of benzene rings is 1. The van der Waals surface area contributed by atoms with Gasteiger partial charge in [-0.15, -0.1) is 0 Å². The molecule has 0 saturated carbocycles. The van der Waals surface area contributed by atoms with Crippen molar-refractivity contribution in [1.29, 1.82) is 0 Å². The molecule has 0 atom stereocenters. The standard InChI is InChI=1S/C14H21N3O3/c1-19-11-3-4-13(20-2)12(9-11)16-14(18)10-17-7-5-15-6-8-17/h3-4,9,15H,5-8,10H2,1-2H3,(H,16,18). The molecule has 1 aliphatic rings. The van der Waals surface area contributed by atoms with E-state index in [-0.39, 0.29) is 5.91 Å². The van der Waals surface area contributed by atoms with Crippen molar-refractivity contribution in [2.75, 3.05) is 52.3 Å². The first kappa shape index (κ1) is 14.6. The van der Waals surface area contributed by atoms with E-state index < -0.39 is 0 Å². The first-order valence-electron chi connectivity index (χ1n) is 6.68. The van der Waals surface area contributed by atoms with Gasteiger partial charge < -0.3 is 20.1 Å². The predicted octanol–water partition coefficient (Wildman–Crippen LogP) is 0.547. The first-order chi connectivity index (χ1) is 9.72. The minimum atomic E-state index is -0.0431. The van der Waals surface area contributed by atoms with E-state index >= 15 is 0 Å². The summed E-state index contributed by atoms with van der Waals surface area (Å²) in [4.78, 5) is 14.2. The van der Waals surface area contributed by atoms with Crippen LogP contribution in [0.2, 0.25) is 0 Å². The summed E-state index contributed by atoms with van der Waals surface area (Å²) in [6, 6.07) is 5.33. The Morgan fingerprint density at radius 1 is 1.30 bits per heavy atom. The van der Waals surface area contributed by atoms with Crippen molar-refractivity contribution in [2.45, 2.75) is 0 Å². The number of hydrogen-bond donors (Lipinski definition) is 2. The second kappa shape index (κ2) is 7.12. The third-order valence-corrected chi connectivity index (χ3v) is 3.26. The van der Waals surface area contributed by atoms with Crippen LogP contribution < -0.4 is 20.1 Å². The monoisotopic (exact) mass is 279 g/mol. The van der Waals surface area contributed by atoms with E-state index in [1.807, 2.05) is 0 Å². The first-order valence-corrected chi connectivity index (χ1v) is 6.68. The lowest BCUT2D eigenvalue weighted by Crippen LogP contribution is -2.46. The van der Waals surface area contributed by atoms with Crippen molar-refractivity contribution in [3.8, 4) is 11.5 Å². The van der Waals surface area contributed by atoms with E-state index in [0.29, 0.717) is 23.7 Å². The van der Waals surface area contributed by atoms with Crippen LogP contribution >= 0.6 is 0 Å². The van der Waals surface area contributed by atoms with E-state index in [4.69, 9.17) is 9.47 Å². The average molecular weight is 279 g/mol. The van der Waals surface area contributed by atoms with Crippen LogP contribution in [-0.4, -0.2) is 57.8 Å². The second-order valence-corrected chi connectivity index (χ2v) is 4.64. The number of methoxy groups -OCH3 is 2. The van der Waals surface area contributed by atoms with Gasteiger partial charge >= 0.3 is 0 Å². The summed E-state index contributed by atoms with van der Waals surface area (Å²) in [5, 5.41) is 6.14. The van der Waals surface area contributed by atoms with Gasteiger partial charge in [-0.1, -0.05) is 0 Å². The summed E-state index contributed by atoms with van der Waals surface area (Å²) in [5.74, 6) is 1.26. The Balaban J connectivity index is 1.98. The Labute approximate surface area is 119 Å². The maximum atomic E-state index is 12.1. The number of hydrogen-bond acceptors (Lipinski definition) is 5. The molecule has 1 aromatic rings. The van der Waals surface area contributed by atoms with Crippen LogP contribution in [0.1, 0.15) is 0 Å². The summed E-state index contributed by atoms with van der Waals surface area (Å²) in [6.45, 7) is 4.03. The molecule has 6 nitrogen and oxygen atoms in total. The summed E-state index contributed by atoms with van der Waals surface area (Å²) in [5.41, 5.74) is 0.631. The topological polar surface area (TPSA) is 62.8 Å². The molecule has 0 radical (unpaired) electrons. The van der Waals surface area contributed by atoms with Crippen molar-refractivity contribution >= 4 is 11.6 Å². The predicted molar refractivity (Wildman–Crippen MR) is 77.5 cm³/mol. The van der Waals surface area contributed by atoms with Gasteiger partial charge in [-0.2, -0.15) is 0 Å². The molecule has 0 spiro atoms. The van der Waals surface area contributed by atoms with Gasteiger partial charge in [0.05, 0.1) is 26.5 Å². The number of piperazine rings is 1. The molecular weight excluding hydrogens is 258 g/mol. The Kier molecular flexibility index (Phi) is 5.20. The Hall–Kier alpha value is -1.79. The van der Waals surface area contributed by atoms with E-state index in [1.165, 1.54) is 0 Å². The molecule has 110 valence electrons. The van der Waals surface area contributed by atoms with E-state index in [9.17, 15) is 4.79 Å². The third-order valence-electron chi connectivity index (χ3n) is 3.26. The molecule has 1 amide bonds. The highest BCUT2D eigenvalue weighted by atomic mass is 16.5. The van der Waals surface area contributed by atoms with Crippen LogP contribution in [0.25, 0.3) is 0 Å². The molecule has 2 rings (SSSR count). The maximum Gasteiger partial charge on any atom is 0.238 e. The lowest BCUT2D eigenvalue weighted by molar-refractivity contribution is -0.117. The van der Waals surface area contributed by atoms with Crippen LogP contribution in [0.3, 0.4) is 0 Å². The summed E-state index contributed by atoms with van der Waals surface area (Å²) in [6.07, 6.45) is 0. The fourth-order valence-electron chi connectivity index (χ4n) is 2.17. The Morgan fingerprint density at radius 2 is 2.05 bits per heavy atom. The van der Waals surface area contributed by atoms with Crippen molar-refractivity contribution in [2.24, 2.45) is 0 Å². The van der Waals surface area contributed by atoms with E-state index in [1.54, 1.807) is 32.4 Å². The van der Waals surface area contributed by atoms with E-state index in [2.05, 4.69) is 15.5 Å². The van der Waals surface area contributed by atoms with Gasteiger partial charge in [-0.3, -0.25) is 9.69 Å². The average Bonchev–Trinajstić information content (AvgIpc) is 2.48. The number of nitrogens with zero attached hydrogens (tertiary/aromatic N) is 1. The van der Waals surface area contributed by atoms with Crippen LogP contribution in [-0.2, 0) is 4.79 Å².